The van der Waals surface area contributed by atoms with E-state index in [2.05, 4.69) is 21.2 Å². The third kappa shape index (κ3) is 7.64. The van der Waals surface area contributed by atoms with E-state index >= 15 is 0 Å². The van der Waals surface area contributed by atoms with Gasteiger partial charge >= 0.3 is 5.97 Å². The number of hydrogen-bond donors (Lipinski definition) is 1. The van der Waals surface area contributed by atoms with Gasteiger partial charge in [-0.1, -0.05) is 59.1 Å². The van der Waals surface area contributed by atoms with E-state index in [1.54, 1.807) is 60.7 Å². The van der Waals surface area contributed by atoms with Crippen molar-refractivity contribution in [2.75, 3.05) is 18.5 Å². The summed E-state index contributed by atoms with van der Waals surface area (Å²) in [6.45, 7) is 1.82. The molecule has 0 atom stereocenters. The smallest absolute Gasteiger partial charge is 0.338 e. The maximum atomic E-state index is 13.4. The van der Waals surface area contributed by atoms with E-state index in [-0.39, 0.29) is 11.4 Å². The minimum atomic E-state index is -4.02. The van der Waals surface area contributed by atoms with Crippen molar-refractivity contribution in [3.8, 4) is 0 Å². The number of ether oxygens (including phenoxy) is 1. The van der Waals surface area contributed by atoms with E-state index in [4.69, 9.17) is 16.3 Å². The average Bonchev–Trinajstić information content (AvgIpc) is 2.85. The maximum absolute atomic E-state index is 13.4. The second-order valence-corrected chi connectivity index (χ2v) is 11.2. The van der Waals surface area contributed by atoms with Gasteiger partial charge in [0, 0.05) is 21.7 Å². The molecular formula is C26H26BrClN2O5S. The molecule has 10 heteroatoms. The molecule has 0 aliphatic carbocycles. The number of benzene rings is 3. The van der Waals surface area contributed by atoms with Gasteiger partial charge < -0.3 is 10.1 Å². The van der Waals surface area contributed by atoms with Gasteiger partial charge in [0.25, 0.3) is 0 Å². The van der Waals surface area contributed by atoms with Crippen LogP contribution in [0.25, 0.3) is 0 Å². The van der Waals surface area contributed by atoms with Crippen molar-refractivity contribution in [2.45, 2.75) is 31.2 Å². The van der Waals surface area contributed by atoms with Gasteiger partial charge in [-0.25, -0.2) is 13.2 Å². The summed E-state index contributed by atoms with van der Waals surface area (Å²) in [6.07, 6.45) is 1.71. The zero-order valence-electron chi connectivity index (χ0n) is 19.6. The molecule has 190 valence electrons. The lowest BCUT2D eigenvalue weighted by Gasteiger charge is -2.22. The first-order valence-corrected chi connectivity index (χ1v) is 13.9. The molecule has 0 heterocycles. The van der Waals surface area contributed by atoms with Crippen molar-refractivity contribution < 1.29 is 22.7 Å². The molecule has 3 rings (SSSR count). The van der Waals surface area contributed by atoms with E-state index < -0.39 is 28.4 Å². The molecule has 3 aromatic carbocycles. The van der Waals surface area contributed by atoms with Gasteiger partial charge in [0.2, 0.25) is 15.9 Å². The molecule has 0 aromatic heterocycles. The van der Waals surface area contributed by atoms with Crippen LogP contribution < -0.4 is 5.32 Å². The molecule has 0 spiro atoms. The third-order valence-electron chi connectivity index (χ3n) is 5.21. The van der Waals surface area contributed by atoms with Gasteiger partial charge in [-0.3, -0.25) is 4.79 Å². The van der Waals surface area contributed by atoms with E-state index in [0.29, 0.717) is 28.4 Å². The van der Waals surface area contributed by atoms with Gasteiger partial charge in [0.1, 0.15) is 0 Å². The summed E-state index contributed by atoms with van der Waals surface area (Å²) in [5.41, 5.74) is 1.35. The highest BCUT2D eigenvalue weighted by Crippen LogP contribution is 2.24. The first-order chi connectivity index (χ1) is 17.2. The van der Waals surface area contributed by atoms with Crippen LogP contribution in [0.3, 0.4) is 0 Å². The van der Waals surface area contributed by atoms with Crippen LogP contribution in [0.2, 0.25) is 5.02 Å². The predicted molar refractivity (Wildman–Crippen MR) is 143 cm³/mol. The van der Waals surface area contributed by atoms with Crippen molar-refractivity contribution in [3.05, 3.63) is 93.4 Å². The lowest BCUT2D eigenvalue weighted by molar-refractivity contribution is -0.116. The molecule has 0 saturated heterocycles. The van der Waals surface area contributed by atoms with Crippen LogP contribution in [0, 0.1) is 0 Å². The van der Waals surface area contributed by atoms with Gasteiger partial charge in [0.05, 0.1) is 23.6 Å². The lowest BCUT2D eigenvalue weighted by atomic mass is 10.2. The number of nitrogens with one attached hydrogen (secondary N) is 1. The predicted octanol–water partition coefficient (Wildman–Crippen LogP) is 5.89. The Labute approximate surface area is 224 Å². The normalized spacial score (nSPS) is 11.3. The summed E-state index contributed by atoms with van der Waals surface area (Å²) in [4.78, 5) is 25.0. The number of amides is 1. The van der Waals surface area contributed by atoms with Crippen LogP contribution in [0.1, 0.15) is 35.7 Å². The van der Waals surface area contributed by atoms with Crippen molar-refractivity contribution in [1.29, 1.82) is 0 Å². The fourth-order valence-corrected chi connectivity index (χ4v) is 5.08. The van der Waals surface area contributed by atoms with Crippen molar-refractivity contribution >= 4 is 55.1 Å². The topological polar surface area (TPSA) is 92.8 Å². The minimum absolute atomic E-state index is 0.0523. The number of anilines is 1. The van der Waals surface area contributed by atoms with E-state index in [1.165, 1.54) is 12.1 Å². The molecule has 0 radical (unpaired) electrons. The number of sulfonamides is 1. The van der Waals surface area contributed by atoms with Crippen LogP contribution in [0.5, 0.6) is 0 Å². The molecule has 0 unspecified atom stereocenters. The Bertz CT molecular complexity index is 1300. The number of halogens is 2. The molecule has 0 aliphatic heterocycles. The summed E-state index contributed by atoms with van der Waals surface area (Å²) < 4.78 is 33.8. The van der Waals surface area contributed by atoms with Crippen molar-refractivity contribution in [2.24, 2.45) is 0 Å². The lowest BCUT2D eigenvalue weighted by Crippen LogP contribution is -2.37. The molecule has 1 amide bonds. The molecule has 0 saturated carbocycles. The molecular weight excluding hydrogens is 568 g/mol. The Morgan fingerprint density at radius 3 is 2.31 bits per heavy atom. The zero-order chi connectivity index (χ0) is 26.1. The summed E-state index contributed by atoms with van der Waals surface area (Å²) >= 11 is 9.57. The number of rotatable bonds is 11. The van der Waals surface area contributed by atoms with Crippen molar-refractivity contribution in [1.82, 2.24) is 4.31 Å². The second-order valence-electron chi connectivity index (χ2n) is 7.93. The number of carbonyl (C=O) groups excluding carboxylic acids is 2. The summed E-state index contributed by atoms with van der Waals surface area (Å²) in [5.74, 6) is -0.978. The third-order valence-corrected chi connectivity index (χ3v) is 7.91. The van der Waals surface area contributed by atoms with Gasteiger partial charge in [-0.2, -0.15) is 4.31 Å². The largest absolute Gasteiger partial charge is 0.462 e. The number of nitrogens with zero attached hydrogens (tertiary/aromatic N) is 1. The van der Waals surface area contributed by atoms with E-state index in [0.717, 1.165) is 21.6 Å². The summed E-state index contributed by atoms with van der Waals surface area (Å²) in [7, 11) is -4.02. The first-order valence-electron chi connectivity index (χ1n) is 11.3. The number of esters is 1. The van der Waals surface area contributed by atoms with Gasteiger partial charge in [-0.15, -0.1) is 0 Å². The maximum Gasteiger partial charge on any atom is 0.338 e. The number of hydrogen-bond acceptors (Lipinski definition) is 5. The average molecular weight is 594 g/mol. The highest BCUT2D eigenvalue weighted by Gasteiger charge is 2.27. The number of unbranched alkanes of at least 4 members (excludes halogenated alkanes) is 1. The highest BCUT2D eigenvalue weighted by atomic mass is 79.9. The fourth-order valence-electron chi connectivity index (χ4n) is 3.24. The molecule has 1 N–H and O–H groups in total. The minimum Gasteiger partial charge on any atom is -0.462 e. The standard InChI is InChI=1S/C26H26BrClN2O5S/c1-2-3-16-35-26(32)19-8-12-22(13-9-19)29-25(31)18-30(17-20-6-4-5-7-24(20)28)36(33,34)23-14-10-21(27)11-15-23/h4-15H,2-3,16-18H2,1H3,(H,29,31). The van der Waals surface area contributed by atoms with Crippen LogP contribution in [-0.4, -0.2) is 37.8 Å². The Kier molecular flexibility index (Phi) is 10.1. The highest BCUT2D eigenvalue weighted by molar-refractivity contribution is 9.10. The second kappa shape index (κ2) is 13.0. The van der Waals surface area contributed by atoms with Gasteiger partial charge in [0.15, 0.2) is 0 Å². The Morgan fingerprint density at radius 2 is 1.67 bits per heavy atom. The molecule has 0 bridgehead atoms. The van der Waals surface area contributed by atoms with Crippen LogP contribution in [0.15, 0.2) is 82.2 Å². The van der Waals surface area contributed by atoms with Crippen LogP contribution in [-0.2, 0) is 26.1 Å². The fraction of sp³-hybridized carbons (Fsp3) is 0.231. The Morgan fingerprint density at radius 1 is 1.00 bits per heavy atom. The van der Waals surface area contributed by atoms with Gasteiger partial charge in [-0.05, 0) is 66.6 Å². The number of carbonyl (C=O) groups is 2. The Hall–Kier alpha value is -2.72. The van der Waals surface area contributed by atoms with Crippen molar-refractivity contribution in [3.63, 3.8) is 0 Å². The first kappa shape index (κ1) is 27.9. The van der Waals surface area contributed by atoms with Crippen LogP contribution >= 0.6 is 27.5 Å². The Balaban J connectivity index is 1.76. The SMILES string of the molecule is CCCCOC(=O)c1ccc(NC(=O)CN(Cc2ccccc2Cl)S(=O)(=O)c2ccc(Br)cc2)cc1. The van der Waals surface area contributed by atoms with E-state index in [1.807, 2.05) is 6.92 Å². The monoisotopic (exact) mass is 592 g/mol. The molecule has 3 aromatic rings. The zero-order valence-corrected chi connectivity index (χ0v) is 22.8. The molecule has 7 nitrogen and oxygen atoms in total. The van der Waals surface area contributed by atoms with E-state index in [9.17, 15) is 18.0 Å². The summed E-state index contributed by atoms with van der Waals surface area (Å²) in [5, 5.41) is 3.08. The molecule has 36 heavy (non-hydrogen) atoms. The van der Waals surface area contributed by atoms with Crippen LogP contribution in [0.4, 0.5) is 5.69 Å². The quantitative estimate of drug-likeness (QED) is 0.221. The molecule has 0 aliphatic rings. The molecule has 0 fully saturated rings. The summed E-state index contributed by atoms with van der Waals surface area (Å²) in [6, 6.07) is 19.3.